The van der Waals surface area contributed by atoms with E-state index in [4.69, 9.17) is 0 Å². The Kier molecular flexibility index (Phi) is 2.10. The molecule has 0 aliphatic carbocycles. The molecule has 0 saturated heterocycles. The average molecular weight is 177 g/mol. The highest BCUT2D eigenvalue weighted by atomic mass is 15.7. The van der Waals surface area contributed by atoms with E-state index >= 15 is 0 Å². The molecule has 0 amide bonds. The van der Waals surface area contributed by atoms with E-state index in [-0.39, 0.29) is 0 Å². The van der Waals surface area contributed by atoms with Crippen LogP contribution in [0.25, 0.3) is 0 Å². The Hall–Kier alpha value is -1.22. The summed E-state index contributed by atoms with van der Waals surface area (Å²) in [7, 11) is 0. The largest absolute Gasteiger partial charge is 0.302 e. The van der Waals surface area contributed by atoms with E-state index < -0.39 is 0 Å². The molecule has 1 aromatic rings. The number of nitrogens with zero attached hydrogens (tertiary/aromatic N) is 1. The van der Waals surface area contributed by atoms with Gasteiger partial charge in [-0.15, -0.1) is 5.53 Å². The zero-order valence-electron chi connectivity index (χ0n) is 8.09. The fourth-order valence-electron chi connectivity index (χ4n) is 1.56. The molecule has 1 aliphatic rings. The SMILES string of the molecule is CCc1ccc2c(c1)N(CC)NN2. The van der Waals surface area contributed by atoms with Crippen LogP contribution in [0.15, 0.2) is 18.2 Å². The summed E-state index contributed by atoms with van der Waals surface area (Å²) in [5.41, 5.74) is 10.0. The maximum absolute atomic E-state index is 3.13. The number of aryl methyl sites for hydroxylation is 1. The minimum atomic E-state index is 0.965. The second kappa shape index (κ2) is 3.26. The maximum Gasteiger partial charge on any atom is 0.0785 e. The molecule has 2 N–H and O–H groups in total. The van der Waals surface area contributed by atoms with Gasteiger partial charge in [0.25, 0.3) is 0 Å². The first-order valence-corrected chi connectivity index (χ1v) is 4.77. The first-order chi connectivity index (χ1) is 6.35. The van der Waals surface area contributed by atoms with E-state index in [1.807, 2.05) is 0 Å². The van der Waals surface area contributed by atoms with Crippen LogP contribution in [0.1, 0.15) is 19.4 Å². The van der Waals surface area contributed by atoms with Crippen molar-refractivity contribution < 1.29 is 0 Å². The summed E-state index contributed by atoms with van der Waals surface area (Å²) in [5, 5.41) is 2.11. The third kappa shape index (κ3) is 1.35. The molecule has 70 valence electrons. The van der Waals surface area contributed by atoms with Crippen LogP contribution in [-0.2, 0) is 6.42 Å². The third-order valence-corrected chi connectivity index (χ3v) is 2.40. The van der Waals surface area contributed by atoms with Crippen molar-refractivity contribution in [2.45, 2.75) is 20.3 Å². The van der Waals surface area contributed by atoms with Crippen molar-refractivity contribution >= 4 is 11.4 Å². The molecular formula is C10H15N3. The first-order valence-electron chi connectivity index (χ1n) is 4.77. The van der Waals surface area contributed by atoms with E-state index in [1.165, 1.54) is 16.9 Å². The van der Waals surface area contributed by atoms with Gasteiger partial charge in [-0.3, -0.25) is 5.01 Å². The number of nitrogens with one attached hydrogen (secondary N) is 2. The van der Waals surface area contributed by atoms with E-state index in [1.54, 1.807) is 0 Å². The van der Waals surface area contributed by atoms with Gasteiger partial charge in [-0.2, -0.15) is 0 Å². The Balaban J connectivity index is 2.37. The Morgan fingerprint density at radius 2 is 2.15 bits per heavy atom. The molecule has 0 spiro atoms. The van der Waals surface area contributed by atoms with Gasteiger partial charge in [0.15, 0.2) is 0 Å². The summed E-state index contributed by atoms with van der Waals surface area (Å²) in [6, 6.07) is 6.51. The summed E-state index contributed by atoms with van der Waals surface area (Å²) in [5.74, 6) is 0. The molecule has 1 aromatic carbocycles. The zero-order valence-corrected chi connectivity index (χ0v) is 8.09. The second-order valence-electron chi connectivity index (χ2n) is 3.19. The molecule has 3 nitrogen and oxygen atoms in total. The highest BCUT2D eigenvalue weighted by molar-refractivity contribution is 5.73. The fraction of sp³-hybridized carbons (Fsp3) is 0.400. The van der Waals surface area contributed by atoms with Gasteiger partial charge in [0.1, 0.15) is 0 Å². The minimum Gasteiger partial charge on any atom is -0.302 e. The highest BCUT2D eigenvalue weighted by Gasteiger charge is 2.15. The van der Waals surface area contributed by atoms with Crippen LogP contribution in [0.2, 0.25) is 0 Å². The molecule has 3 heteroatoms. The predicted molar refractivity (Wildman–Crippen MR) is 55.6 cm³/mol. The molecule has 1 aliphatic heterocycles. The van der Waals surface area contributed by atoms with Crippen molar-refractivity contribution in [1.82, 2.24) is 5.53 Å². The normalized spacial score (nSPS) is 14.2. The monoisotopic (exact) mass is 177 g/mol. The van der Waals surface area contributed by atoms with Gasteiger partial charge in [-0.1, -0.05) is 13.0 Å². The minimum absolute atomic E-state index is 0.965. The maximum atomic E-state index is 3.13. The highest BCUT2D eigenvalue weighted by Crippen LogP contribution is 2.29. The van der Waals surface area contributed by atoms with E-state index in [9.17, 15) is 0 Å². The van der Waals surface area contributed by atoms with Crippen LogP contribution >= 0.6 is 0 Å². The van der Waals surface area contributed by atoms with Crippen molar-refractivity contribution in [1.29, 1.82) is 0 Å². The Morgan fingerprint density at radius 1 is 1.31 bits per heavy atom. The molecule has 2 rings (SSSR count). The van der Waals surface area contributed by atoms with Crippen molar-refractivity contribution in [3.63, 3.8) is 0 Å². The van der Waals surface area contributed by atoms with Crippen LogP contribution in [0.5, 0.6) is 0 Å². The van der Waals surface area contributed by atoms with Crippen molar-refractivity contribution in [2.24, 2.45) is 0 Å². The predicted octanol–water partition coefficient (Wildman–Crippen LogP) is 1.92. The van der Waals surface area contributed by atoms with Gasteiger partial charge in [0.05, 0.1) is 11.4 Å². The van der Waals surface area contributed by atoms with Crippen molar-refractivity contribution in [2.75, 3.05) is 17.0 Å². The molecule has 0 atom stereocenters. The summed E-state index contributed by atoms with van der Waals surface area (Å²) in [6.45, 7) is 5.27. The number of anilines is 2. The molecule has 0 bridgehead atoms. The summed E-state index contributed by atoms with van der Waals surface area (Å²) in [4.78, 5) is 0. The van der Waals surface area contributed by atoms with Crippen LogP contribution in [0, 0.1) is 0 Å². The summed E-state index contributed by atoms with van der Waals surface area (Å²) >= 11 is 0. The molecular weight excluding hydrogens is 162 g/mol. The van der Waals surface area contributed by atoms with Gasteiger partial charge in [0.2, 0.25) is 0 Å². The van der Waals surface area contributed by atoms with Gasteiger partial charge in [-0.25, -0.2) is 0 Å². The van der Waals surface area contributed by atoms with E-state index in [2.05, 4.69) is 48.0 Å². The molecule has 0 aromatic heterocycles. The van der Waals surface area contributed by atoms with Crippen molar-refractivity contribution in [3.8, 4) is 0 Å². The van der Waals surface area contributed by atoms with E-state index in [0.717, 1.165) is 13.0 Å². The number of hydrazine groups is 2. The Labute approximate surface area is 78.7 Å². The average Bonchev–Trinajstić information content (AvgIpc) is 2.59. The first kappa shape index (κ1) is 8.38. The lowest BCUT2D eigenvalue weighted by molar-refractivity contribution is 0.752. The van der Waals surface area contributed by atoms with Gasteiger partial charge < -0.3 is 5.43 Å². The van der Waals surface area contributed by atoms with Gasteiger partial charge in [-0.05, 0) is 31.0 Å². The smallest absolute Gasteiger partial charge is 0.0785 e. The lowest BCUT2D eigenvalue weighted by Gasteiger charge is -2.14. The zero-order chi connectivity index (χ0) is 9.26. The Morgan fingerprint density at radius 3 is 2.85 bits per heavy atom. The molecule has 1 heterocycles. The lowest BCUT2D eigenvalue weighted by Crippen LogP contribution is -2.35. The molecule has 0 saturated carbocycles. The number of benzene rings is 1. The van der Waals surface area contributed by atoms with Crippen LogP contribution < -0.4 is 16.0 Å². The van der Waals surface area contributed by atoms with Gasteiger partial charge >= 0.3 is 0 Å². The number of hydrogen-bond acceptors (Lipinski definition) is 3. The molecule has 0 radical (unpaired) electrons. The molecule has 0 fully saturated rings. The van der Waals surface area contributed by atoms with Crippen LogP contribution in [0.3, 0.4) is 0 Å². The third-order valence-electron chi connectivity index (χ3n) is 2.40. The lowest BCUT2D eigenvalue weighted by atomic mass is 10.1. The summed E-state index contributed by atoms with van der Waals surface area (Å²) in [6.07, 6.45) is 1.09. The number of hydrogen-bond donors (Lipinski definition) is 2. The Bertz CT molecular complexity index is 309. The topological polar surface area (TPSA) is 27.3 Å². The number of fused-ring (bicyclic) bond motifs is 1. The standard InChI is InChI=1S/C10H15N3/c1-3-8-5-6-9-10(7-8)13(4-2)12-11-9/h5-7,11-12H,3-4H2,1-2H3. The van der Waals surface area contributed by atoms with Gasteiger partial charge in [0, 0.05) is 6.54 Å². The quantitative estimate of drug-likeness (QED) is 0.722. The van der Waals surface area contributed by atoms with Crippen LogP contribution in [0.4, 0.5) is 11.4 Å². The van der Waals surface area contributed by atoms with E-state index in [0.29, 0.717) is 0 Å². The van der Waals surface area contributed by atoms with Crippen LogP contribution in [-0.4, -0.2) is 6.54 Å². The van der Waals surface area contributed by atoms with Crippen molar-refractivity contribution in [3.05, 3.63) is 23.8 Å². The number of rotatable bonds is 2. The second-order valence-corrected chi connectivity index (χ2v) is 3.19. The summed E-state index contributed by atoms with van der Waals surface area (Å²) < 4.78 is 0. The molecule has 13 heavy (non-hydrogen) atoms. The molecule has 0 unspecified atom stereocenters. The fourth-order valence-corrected chi connectivity index (χ4v) is 1.56.